The number of nitrogens with zero attached hydrogens (tertiary/aromatic N) is 1. The van der Waals surface area contributed by atoms with Crippen molar-refractivity contribution in [3.8, 4) is 0 Å². The Bertz CT molecular complexity index is 719. The lowest BCUT2D eigenvalue weighted by Gasteiger charge is -2.07. The fourth-order valence-electron chi connectivity index (χ4n) is 1.63. The molecule has 2 N–H and O–H groups in total. The molecule has 0 radical (unpaired) electrons. The van der Waals surface area contributed by atoms with Crippen LogP contribution in [0.2, 0.25) is 5.02 Å². The van der Waals surface area contributed by atoms with Crippen LogP contribution in [0.25, 0.3) is 0 Å². The second kappa shape index (κ2) is 5.14. The molecule has 0 atom stereocenters. The predicted molar refractivity (Wildman–Crippen MR) is 70.9 cm³/mol. The first-order valence-corrected chi connectivity index (χ1v) is 7.29. The molecule has 0 amide bonds. The predicted octanol–water partition coefficient (Wildman–Crippen LogP) is 2.43. The Morgan fingerprint density at radius 3 is 2.63 bits per heavy atom. The summed E-state index contributed by atoms with van der Waals surface area (Å²) in [6.45, 7) is 0. The number of anilines is 1. The van der Waals surface area contributed by atoms with Gasteiger partial charge in [0.2, 0.25) is 0 Å². The monoisotopic (exact) mass is 300 g/mol. The molecule has 1 aromatic heterocycles. The van der Waals surface area contributed by atoms with Crippen molar-refractivity contribution in [2.45, 2.75) is 10.6 Å². The summed E-state index contributed by atoms with van der Waals surface area (Å²) in [6, 6.07) is 5.25. The van der Waals surface area contributed by atoms with Crippen LogP contribution < -0.4 is 5.73 Å². The Hall–Kier alpha value is -1.66. The first-order chi connectivity index (χ1) is 8.88. The molecule has 0 unspecified atom stereocenters. The van der Waals surface area contributed by atoms with Crippen molar-refractivity contribution in [1.29, 1.82) is 0 Å². The average Bonchev–Trinajstić information content (AvgIpc) is 2.27. The van der Waals surface area contributed by atoms with Gasteiger partial charge in [-0.25, -0.2) is 12.8 Å². The number of rotatable bonds is 3. The number of hydrogen-bond donors (Lipinski definition) is 1. The molecule has 7 heteroatoms. The molecule has 0 bridgehead atoms. The van der Waals surface area contributed by atoms with Gasteiger partial charge in [0.1, 0.15) is 5.82 Å². The van der Waals surface area contributed by atoms with Gasteiger partial charge in [-0.15, -0.1) is 0 Å². The van der Waals surface area contributed by atoms with Crippen LogP contribution in [-0.4, -0.2) is 13.4 Å². The molecule has 1 aromatic carbocycles. The highest BCUT2D eigenvalue weighted by Gasteiger charge is 2.19. The molecule has 2 aromatic rings. The standard InChI is InChI=1S/C12H10ClFN2O2S/c13-9-1-2-12(11(15)4-9)19(17,18)7-8-3-10(14)6-16-5-8/h1-6H,7,15H2. The van der Waals surface area contributed by atoms with Gasteiger partial charge in [0.05, 0.1) is 22.5 Å². The maximum Gasteiger partial charge on any atom is 0.184 e. The molecule has 0 saturated carbocycles. The van der Waals surface area contributed by atoms with Crippen LogP contribution in [0, 0.1) is 5.82 Å². The molecule has 0 aliphatic rings. The van der Waals surface area contributed by atoms with Crippen molar-refractivity contribution in [2.75, 3.05) is 5.73 Å². The van der Waals surface area contributed by atoms with Crippen molar-refractivity contribution < 1.29 is 12.8 Å². The van der Waals surface area contributed by atoms with E-state index >= 15 is 0 Å². The lowest BCUT2D eigenvalue weighted by atomic mass is 10.3. The van der Waals surface area contributed by atoms with Gasteiger partial charge >= 0.3 is 0 Å². The maximum absolute atomic E-state index is 13.0. The average molecular weight is 301 g/mol. The maximum atomic E-state index is 13.0. The molecule has 0 fully saturated rings. The molecule has 1 heterocycles. The lowest BCUT2D eigenvalue weighted by molar-refractivity contribution is 0.594. The Morgan fingerprint density at radius 1 is 1.26 bits per heavy atom. The van der Waals surface area contributed by atoms with Crippen LogP contribution in [0.1, 0.15) is 5.56 Å². The summed E-state index contributed by atoms with van der Waals surface area (Å²) in [7, 11) is -3.67. The molecule has 4 nitrogen and oxygen atoms in total. The minimum Gasteiger partial charge on any atom is -0.398 e. The van der Waals surface area contributed by atoms with Crippen molar-refractivity contribution in [2.24, 2.45) is 0 Å². The minimum absolute atomic E-state index is 0.0267. The fraction of sp³-hybridized carbons (Fsp3) is 0.0833. The molecule has 0 aliphatic heterocycles. The molecular formula is C12H10ClFN2O2S. The van der Waals surface area contributed by atoms with Gasteiger partial charge in [-0.05, 0) is 29.8 Å². The molecule has 0 aliphatic carbocycles. The van der Waals surface area contributed by atoms with Crippen LogP contribution in [0.4, 0.5) is 10.1 Å². The first kappa shape index (κ1) is 13.8. The smallest absolute Gasteiger partial charge is 0.184 e. The van der Waals surface area contributed by atoms with E-state index in [0.717, 1.165) is 12.3 Å². The third-order valence-electron chi connectivity index (χ3n) is 2.43. The van der Waals surface area contributed by atoms with Gasteiger partial charge in [0, 0.05) is 11.2 Å². The van der Waals surface area contributed by atoms with Crippen LogP contribution in [-0.2, 0) is 15.6 Å². The summed E-state index contributed by atoms with van der Waals surface area (Å²) < 4.78 is 37.3. The quantitative estimate of drug-likeness (QED) is 0.884. The van der Waals surface area contributed by atoms with Crippen molar-refractivity contribution >= 4 is 27.1 Å². The third kappa shape index (κ3) is 3.21. The SMILES string of the molecule is Nc1cc(Cl)ccc1S(=O)(=O)Cc1cncc(F)c1. The van der Waals surface area contributed by atoms with Gasteiger partial charge in [-0.3, -0.25) is 4.98 Å². The van der Waals surface area contributed by atoms with Crippen LogP contribution in [0.15, 0.2) is 41.6 Å². The van der Waals surface area contributed by atoms with Gasteiger partial charge in [0.25, 0.3) is 0 Å². The Labute approximate surface area is 115 Å². The summed E-state index contributed by atoms with van der Waals surface area (Å²) in [4.78, 5) is 3.58. The lowest BCUT2D eigenvalue weighted by Crippen LogP contribution is -2.08. The zero-order valence-electron chi connectivity index (χ0n) is 9.68. The number of nitrogens with two attached hydrogens (primary N) is 1. The second-order valence-corrected chi connectivity index (χ2v) is 6.35. The van der Waals surface area contributed by atoms with Crippen LogP contribution >= 0.6 is 11.6 Å². The number of hydrogen-bond acceptors (Lipinski definition) is 4. The molecular weight excluding hydrogens is 291 g/mol. The molecule has 100 valence electrons. The Kier molecular flexibility index (Phi) is 3.73. The zero-order chi connectivity index (χ0) is 14.0. The number of sulfone groups is 1. The van der Waals surface area contributed by atoms with Crippen molar-refractivity contribution in [3.05, 3.63) is 53.1 Å². The summed E-state index contributed by atoms with van der Waals surface area (Å²) in [5.74, 6) is -0.958. The number of nitrogen functional groups attached to an aromatic ring is 1. The molecule has 0 spiro atoms. The highest BCUT2D eigenvalue weighted by molar-refractivity contribution is 7.90. The van der Waals surface area contributed by atoms with Crippen molar-refractivity contribution in [1.82, 2.24) is 4.98 Å². The zero-order valence-corrected chi connectivity index (χ0v) is 11.2. The van der Waals surface area contributed by atoms with Crippen LogP contribution in [0.3, 0.4) is 0 Å². The second-order valence-electron chi connectivity index (χ2n) is 3.95. The Balaban J connectivity index is 2.38. The third-order valence-corrected chi connectivity index (χ3v) is 4.42. The fourth-order valence-corrected chi connectivity index (χ4v) is 3.26. The molecule has 2 rings (SSSR count). The van der Waals surface area contributed by atoms with Gasteiger partial charge in [-0.2, -0.15) is 0 Å². The first-order valence-electron chi connectivity index (χ1n) is 5.26. The minimum atomic E-state index is -3.67. The van der Waals surface area contributed by atoms with E-state index in [4.69, 9.17) is 17.3 Å². The Morgan fingerprint density at radius 2 is 2.00 bits per heavy atom. The van der Waals surface area contributed by atoms with Gasteiger partial charge in [0.15, 0.2) is 9.84 Å². The van der Waals surface area contributed by atoms with E-state index in [1.807, 2.05) is 0 Å². The van der Waals surface area contributed by atoms with E-state index in [1.54, 1.807) is 0 Å². The number of aromatic nitrogens is 1. The number of benzene rings is 1. The van der Waals surface area contributed by atoms with Crippen LogP contribution in [0.5, 0.6) is 0 Å². The van der Waals surface area contributed by atoms with Gasteiger partial charge in [-0.1, -0.05) is 11.6 Å². The number of halogens is 2. The van der Waals surface area contributed by atoms with E-state index in [1.165, 1.54) is 24.4 Å². The van der Waals surface area contributed by atoms with E-state index in [2.05, 4.69) is 4.98 Å². The summed E-state index contributed by atoms with van der Waals surface area (Å²) >= 11 is 5.71. The van der Waals surface area contributed by atoms with E-state index in [-0.39, 0.29) is 21.9 Å². The summed E-state index contributed by atoms with van der Waals surface area (Å²) in [5.41, 5.74) is 5.96. The van der Waals surface area contributed by atoms with E-state index in [9.17, 15) is 12.8 Å². The van der Waals surface area contributed by atoms with E-state index < -0.39 is 15.7 Å². The molecule has 0 saturated heterocycles. The number of pyridine rings is 1. The molecule has 19 heavy (non-hydrogen) atoms. The summed E-state index contributed by atoms with van der Waals surface area (Å²) in [6.07, 6.45) is 2.31. The van der Waals surface area contributed by atoms with Gasteiger partial charge < -0.3 is 5.73 Å². The highest BCUT2D eigenvalue weighted by atomic mass is 35.5. The van der Waals surface area contributed by atoms with E-state index in [0.29, 0.717) is 5.02 Å². The topological polar surface area (TPSA) is 73.1 Å². The largest absolute Gasteiger partial charge is 0.398 e. The van der Waals surface area contributed by atoms with Crippen molar-refractivity contribution in [3.63, 3.8) is 0 Å². The highest BCUT2D eigenvalue weighted by Crippen LogP contribution is 2.25. The normalized spacial score (nSPS) is 11.5. The summed E-state index contributed by atoms with van der Waals surface area (Å²) in [5, 5.41) is 0.351.